The highest BCUT2D eigenvalue weighted by Crippen LogP contribution is 2.44. The Morgan fingerprint density at radius 1 is 1.03 bits per heavy atom. The molecule has 1 saturated carbocycles. The lowest BCUT2D eigenvalue weighted by Gasteiger charge is -2.25. The number of ether oxygens (including phenoxy) is 1. The first-order chi connectivity index (χ1) is 16.4. The Bertz CT molecular complexity index is 1020. The average Bonchev–Trinajstić information content (AvgIpc) is 3.43. The van der Waals surface area contributed by atoms with Crippen LogP contribution in [0.2, 0.25) is 0 Å². The molecular formula is C27H32N2O5. The third-order valence-corrected chi connectivity index (χ3v) is 7.24. The molecule has 2 aliphatic carbocycles. The highest BCUT2D eigenvalue weighted by molar-refractivity contribution is 5.86. The van der Waals surface area contributed by atoms with Crippen LogP contribution < -0.4 is 10.6 Å². The van der Waals surface area contributed by atoms with Crippen molar-refractivity contribution in [3.63, 3.8) is 0 Å². The fraction of sp³-hybridized carbons (Fsp3) is 0.444. The van der Waals surface area contributed by atoms with Crippen LogP contribution in [0.3, 0.4) is 0 Å². The van der Waals surface area contributed by atoms with Gasteiger partial charge in [-0.3, -0.25) is 9.59 Å². The molecule has 1 fully saturated rings. The van der Waals surface area contributed by atoms with Crippen molar-refractivity contribution in [1.29, 1.82) is 0 Å². The van der Waals surface area contributed by atoms with Crippen LogP contribution in [0.25, 0.3) is 11.1 Å². The smallest absolute Gasteiger partial charge is 0.407 e. The van der Waals surface area contributed by atoms with Gasteiger partial charge in [0.25, 0.3) is 0 Å². The first-order valence-corrected chi connectivity index (χ1v) is 12.0. The van der Waals surface area contributed by atoms with Crippen LogP contribution in [-0.2, 0) is 14.3 Å². The molecule has 0 bridgehead atoms. The summed E-state index contributed by atoms with van der Waals surface area (Å²) < 4.78 is 5.63. The van der Waals surface area contributed by atoms with Crippen molar-refractivity contribution in [2.45, 2.75) is 57.5 Å². The zero-order chi connectivity index (χ0) is 24.2. The number of hydrogen-bond donors (Lipinski definition) is 3. The lowest BCUT2D eigenvalue weighted by Crippen LogP contribution is -2.52. The Morgan fingerprint density at radius 2 is 1.65 bits per heavy atom. The number of fused-ring (bicyclic) bond motifs is 3. The van der Waals surface area contributed by atoms with E-state index in [1.54, 1.807) is 0 Å². The molecule has 7 heteroatoms. The van der Waals surface area contributed by atoms with Crippen molar-refractivity contribution >= 4 is 18.0 Å². The molecule has 2 aliphatic rings. The molecule has 0 aliphatic heterocycles. The van der Waals surface area contributed by atoms with E-state index >= 15 is 0 Å². The molecule has 3 N–H and O–H groups in total. The minimum atomic E-state index is -0.827. The van der Waals surface area contributed by atoms with Gasteiger partial charge in [0.1, 0.15) is 12.6 Å². The third kappa shape index (κ3) is 4.93. The molecular weight excluding hydrogens is 432 g/mol. The molecule has 2 aromatic carbocycles. The fourth-order valence-electron chi connectivity index (χ4n) is 5.10. The summed E-state index contributed by atoms with van der Waals surface area (Å²) in [5, 5.41) is 14.9. The van der Waals surface area contributed by atoms with E-state index in [1.165, 1.54) is 0 Å². The summed E-state index contributed by atoms with van der Waals surface area (Å²) in [7, 11) is 0. The second kappa shape index (κ2) is 10.3. The highest BCUT2D eigenvalue weighted by Gasteiger charge is 2.34. The molecule has 0 aromatic heterocycles. The molecule has 180 valence electrons. The molecule has 0 radical (unpaired) electrons. The maximum atomic E-state index is 13.0. The van der Waals surface area contributed by atoms with Gasteiger partial charge in [-0.05, 0) is 47.4 Å². The summed E-state index contributed by atoms with van der Waals surface area (Å²) >= 11 is 0. The largest absolute Gasteiger partial charge is 0.481 e. The topological polar surface area (TPSA) is 105 Å². The Kier molecular flexibility index (Phi) is 7.20. The maximum Gasteiger partial charge on any atom is 0.407 e. The number of nitrogens with one attached hydrogen (secondary N) is 2. The third-order valence-electron chi connectivity index (χ3n) is 7.24. The van der Waals surface area contributed by atoms with Crippen LogP contribution in [0.15, 0.2) is 48.5 Å². The average molecular weight is 465 g/mol. The van der Waals surface area contributed by atoms with E-state index < -0.39 is 24.0 Å². The van der Waals surface area contributed by atoms with Crippen molar-refractivity contribution in [2.24, 2.45) is 11.8 Å². The van der Waals surface area contributed by atoms with Crippen molar-refractivity contribution in [1.82, 2.24) is 10.6 Å². The van der Waals surface area contributed by atoms with Crippen LogP contribution in [0.1, 0.15) is 56.6 Å². The van der Waals surface area contributed by atoms with E-state index in [0.29, 0.717) is 25.7 Å². The van der Waals surface area contributed by atoms with Crippen LogP contribution in [0.4, 0.5) is 4.79 Å². The van der Waals surface area contributed by atoms with Gasteiger partial charge in [-0.15, -0.1) is 0 Å². The van der Waals surface area contributed by atoms with Gasteiger partial charge >= 0.3 is 12.1 Å². The molecule has 2 aromatic rings. The van der Waals surface area contributed by atoms with E-state index in [2.05, 4.69) is 34.9 Å². The molecule has 4 rings (SSSR count). The second-order valence-corrected chi connectivity index (χ2v) is 9.39. The van der Waals surface area contributed by atoms with Gasteiger partial charge in [0, 0.05) is 12.0 Å². The minimum absolute atomic E-state index is 0.0551. The first kappa shape index (κ1) is 23.8. The van der Waals surface area contributed by atoms with Gasteiger partial charge in [0.15, 0.2) is 0 Å². The monoisotopic (exact) mass is 464 g/mol. The van der Waals surface area contributed by atoms with Gasteiger partial charge in [0.05, 0.1) is 5.92 Å². The molecule has 0 heterocycles. The summed E-state index contributed by atoms with van der Waals surface area (Å²) in [5.41, 5.74) is 4.56. The van der Waals surface area contributed by atoms with E-state index in [0.717, 1.165) is 22.3 Å². The number of amides is 2. The quantitative estimate of drug-likeness (QED) is 0.540. The molecule has 0 saturated heterocycles. The minimum Gasteiger partial charge on any atom is -0.481 e. The SMILES string of the molecule is CC[C@H](C)[C@H](NC(=O)OCC1c2ccccc2-c2ccccc21)C(=O)N[C@@H]1CC[C@H](C(=O)O)C1. The van der Waals surface area contributed by atoms with Crippen molar-refractivity contribution in [2.75, 3.05) is 6.61 Å². The van der Waals surface area contributed by atoms with E-state index in [-0.39, 0.29) is 30.4 Å². The molecule has 4 atom stereocenters. The number of rotatable bonds is 8. The fourth-order valence-corrected chi connectivity index (χ4v) is 5.10. The highest BCUT2D eigenvalue weighted by atomic mass is 16.5. The van der Waals surface area contributed by atoms with Crippen molar-refractivity contribution in [3.05, 3.63) is 59.7 Å². The molecule has 0 unspecified atom stereocenters. The Hall–Kier alpha value is -3.35. The second-order valence-electron chi connectivity index (χ2n) is 9.39. The lowest BCUT2D eigenvalue weighted by atomic mass is 9.97. The summed E-state index contributed by atoms with van der Waals surface area (Å²) in [4.78, 5) is 36.9. The summed E-state index contributed by atoms with van der Waals surface area (Å²) in [5.74, 6) is -1.70. The zero-order valence-electron chi connectivity index (χ0n) is 19.6. The van der Waals surface area contributed by atoms with Gasteiger partial charge in [-0.25, -0.2) is 4.79 Å². The molecule has 34 heavy (non-hydrogen) atoms. The van der Waals surface area contributed by atoms with Crippen molar-refractivity contribution in [3.8, 4) is 11.1 Å². The van der Waals surface area contributed by atoms with Crippen LogP contribution >= 0.6 is 0 Å². The number of benzene rings is 2. The Morgan fingerprint density at radius 3 is 2.21 bits per heavy atom. The zero-order valence-corrected chi connectivity index (χ0v) is 19.6. The number of hydrogen-bond acceptors (Lipinski definition) is 4. The van der Waals surface area contributed by atoms with Crippen LogP contribution in [0.5, 0.6) is 0 Å². The number of alkyl carbamates (subject to hydrolysis) is 1. The normalized spacial score (nSPS) is 20.6. The Balaban J connectivity index is 1.38. The molecule has 2 amide bonds. The van der Waals surface area contributed by atoms with Crippen molar-refractivity contribution < 1.29 is 24.2 Å². The van der Waals surface area contributed by atoms with Gasteiger partial charge in [-0.2, -0.15) is 0 Å². The first-order valence-electron chi connectivity index (χ1n) is 12.0. The predicted octanol–water partition coefficient (Wildman–Crippen LogP) is 4.31. The van der Waals surface area contributed by atoms with Gasteiger partial charge in [0.2, 0.25) is 5.91 Å². The number of carboxylic acids is 1. The van der Waals surface area contributed by atoms with E-state index in [4.69, 9.17) is 4.74 Å². The van der Waals surface area contributed by atoms with Crippen LogP contribution in [-0.4, -0.2) is 41.8 Å². The van der Waals surface area contributed by atoms with Crippen LogP contribution in [0, 0.1) is 11.8 Å². The lowest BCUT2D eigenvalue weighted by molar-refractivity contribution is -0.141. The summed E-state index contributed by atoms with van der Waals surface area (Å²) in [6.07, 6.45) is 1.66. The summed E-state index contributed by atoms with van der Waals surface area (Å²) in [6.45, 7) is 4.04. The van der Waals surface area contributed by atoms with E-state index in [9.17, 15) is 19.5 Å². The molecule has 0 spiro atoms. The number of aliphatic carboxylic acids is 1. The number of carbonyl (C=O) groups excluding carboxylic acids is 2. The van der Waals surface area contributed by atoms with E-state index in [1.807, 2.05) is 38.1 Å². The predicted molar refractivity (Wildman–Crippen MR) is 128 cm³/mol. The van der Waals surface area contributed by atoms with Gasteiger partial charge < -0.3 is 20.5 Å². The maximum absolute atomic E-state index is 13.0. The number of carbonyl (C=O) groups is 3. The summed E-state index contributed by atoms with van der Waals surface area (Å²) in [6, 6.07) is 15.3. The Labute approximate surface area is 199 Å². The standard InChI is InChI=1S/C27H32N2O5/c1-3-16(2)24(25(30)28-18-13-12-17(14-18)26(31)32)29-27(33)34-15-23-21-10-6-4-8-19(21)20-9-5-7-11-22(20)23/h4-11,16-18,23-24H,3,12-15H2,1-2H3,(H,28,30)(H,29,33)(H,31,32)/t16-,17-,18+,24-/m0/s1. The number of carboxylic acid groups (broad SMARTS) is 1. The molecule has 7 nitrogen and oxygen atoms in total. The van der Waals surface area contributed by atoms with Gasteiger partial charge in [-0.1, -0.05) is 68.8 Å².